The zero-order valence-corrected chi connectivity index (χ0v) is 26.4. The van der Waals surface area contributed by atoms with Crippen LogP contribution in [0, 0.1) is 0 Å². The molecule has 0 radical (unpaired) electrons. The Hall–Kier alpha value is -5.93. The van der Waals surface area contributed by atoms with E-state index in [0.717, 1.165) is 33.7 Å². The first-order valence-corrected chi connectivity index (χ1v) is 16.2. The van der Waals surface area contributed by atoms with Gasteiger partial charge in [0.15, 0.2) is 0 Å². The fourth-order valence-electron chi connectivity index (χ4n) is 7.47. The third kappa shape index (κ3) is 4.46. The van der Waals surface area contributed by atoms with Crippen molar-refractivity contribution in [2.75, 3.05) is 4.90 Å². The van der Waals surface area contributed by atoms with Crippen LogP contribution in [0.5, 0.6) is 0 Å². The Morgan fingerprint density at radius 1 is 0.489 bits per heavy atom. The third-order valence-electron chi connectivity index (χ3n) is 9.89. The van der Waals surface area contributed by atoms with Gasteiger partial charge in [-0.2, -0.15) is 0 Å². The van der Waals surface area contributed by atoms with Gasteiger partial charge in [0, 0.05) is 62.2 Å². The molecule has 0 saturated carbocycles. The van der Waals surface area contributed by atoms with Crippen LogP contribution in [0.1, 0.15) is 25.0 Å². The van der Waals surface area contributed by atoms with Crippen molar-refractivity contribution in [1.29, 1.82) is 0 Å². The van der Waals surface area contributed by atoms with Crippen LogP contribution in [-0.4, -0.2) is 9.97 Å². The smallest absolute Gasteiger partial charge is 0.0467 e. The summed E-state index contributed by atoms with van der Waals surface area (Å²) in [6.07, 6.45) is 3.75. The van der Waals surface area contributed by atoms with Crippen molar-refractivity contribution in [1.82, 2.24) is 9.97 Å². The Bertz CT molecular complexity index is 2430. The van der Waals surface area contributed by atoms with Gasteiger partial charge in [0.05, 0.1) is 0 Å². The number of H-pyrrole nitrogens is 1. The van der Waals surface area contributed by atoms with Gasteiger partial charge >= 0.3 is 0 Å². The molecule has 1 aliphatic rings. The summed E-state index contributed by atoms with van der Waals surface area (Å²) < 4.78 is 0. The normalized spacial score (nSPS) is 13.1. The molecule has 0 bridgehead atoms. The number of rotatable bonds is 5. The molecule has 1 N–H and O–H groups in total. The van der Waals surface area contributed by atoms with E-state index in [1.54, 1.807) is 0 Å². The summed E-state index contributed by atoms with van der Waals surface area (Å²) in [6, 6.07) is 52.9. The quantitative estimate of drug-likeness (QED) is 0.212. The van der Waals surface area contributed by atoms with Crippen molar-refractivity contribution < 1.29 is 0 Å². The van der Waals surface area contributed by atoms with Gasteiger partial charge in [-0.05, 0) is 99.6 Å². The molecule has 0 unspecified atom stereocenters. The fraction of sp³-hybridized carbons (Fsp3) is 0.0682. The number of para-hydroxylation sites is 1. The molecule has 3 nitrogen and oxygen atoms in total. The molecule has 2 aromatic heterocycles. The maximum Gasteiger partial charge on any atom is 0.0467 e. The average molecular weight is 604 g/mol. The summed E-state index contributed by atoms with van der Waals surface area (Å²) >= 11 is 0. The van der Waals surface area contributed by atoms with E-state index in [-0.39, 0.29) is 5.41 Å². The molecule has 47 heavy (non-hydrogen) atoms. The lowest BCUT2D eigenvalue weighted by molar-refractivity contribution is 0.660. The van der Waals surface area contributed by atoms with Gasteiger partial charge in [-0.1, -0.05) is 98.8 Å². The molecule has 2 heterocycles. The minimum atomic E-state index is -0.0872. The van der Waals surface area contributed by atoms with Gasteiger partial charge in [0.1, 0.15) is 0 Å². The van der Waals surface area contributed by atoms with Crippen LogP contribution in [0.4, 0.5) is 17.1 Å². The van der Waals surface area contributed by atoms with Crippen molar-refractivity contribution in [3.05, 3.63) is 169 Å². The highest BCUT2D eigenvalue weighted by molar-refractivity contribution is 6.08. The first-order valence-electron chi connectivity index (χ1n) is 16.2. The molecule has 0 aliphatic heterocycles. The highest BCUT2D eigenvalue weighted by Gasteiger charge is 2.35. The van der Waals surface area contributed by atoms with E-state index in [4.69, 9.17) is 0 Å². The minimum absolute atomic E-state index is 0.0872. The van der Waals surface area contributed by atoms with Crippen LogP contribution in [0.15, 0.2) is 158 Å². The van der Waals surface area contributed by atoms with Crippen molar-refractivity contribution in [2.45, 2.75) is 19.3 Å². The van der Waals surface area contributed by atoms with Gasteiger partial charge in [-0.15, -0.1) is 0 Å². The van der Waals surface area contributed by atoms with Gasteiger partial charge < -0.3 is 9.88 Å². The number of nitrogens with zero attached hydrogens (tertiary/aromatic N) is 2. The SMILES string of the molecule is CC1(C)c2ccccc2-c2ccc(N(c3ccc(-c4ccc5[nH]c6ccccc6c5c4)cc3)c3cccc(-c4cccnc4)c3)cc21. The standard InChI is InChI=1S/C44H33N3/c1-44(2)40-14-5-3-12-36(40)37-22-21-35(27-41(37)44)47(34-11-7-9-30(25-34)32-10-8-24-45-28-32)33-19-16-29(17-20-33)31-18-23-43-39(26-31)38-13-4-6-15-42(38)46-43/h3-28,46H,1-2H3. The van der Waals surface area contributed by atoms with Crippen molar-refractivity contribution >= 4 is 38.9 Å². The Kier molecular flexibility index (Phi) is 6.16. The monoisotopic (exact) mass is 603 g/mol. The summed E-state index contributed by atoms with van der Waals surface area (Å²) in [5, 5.41) is 2.50. The highest BCUT2D eigenvalue weighted by atomic mass is 15.1. The molecule has 1 aliphatic carbocycles. The Morgan fingerprint density at radius 2 is 1.19 bits per heavy atom. The minimum Gasteiger partial charge on any atom is -0.355 e. The Labute approximate surface area is 274 Å². The van der Waals surface area contributed by atoms with Crippen LogP contribution >= 0.6 is 0 Å². The predicted octanol–water partition coefficient (Wildman–Crippen LogP) is 11.8. The van der Waals surface area contributed by atoms with Crippen molar-refractivity contribution in [2.24, 2.45) is 0 Å². The van der Waals surface area contributed by atoms with Crippen molar-refractivity contribution in [3.63, 3.8) is 0 Å². The number of aromatic nitrogens is 2. The lowest BCUT2D eigenvalue weighted by atomic mass is 9.82. The number of hydrogen-bond acceptors (Lipinski definition) is 2. The second kappa shape index (κ2) is 10.6. The zero-order chi connectivity index (χ0) is 31.5. The fourth-order valence-corrected chi connectivity index (χ4v) is 7.47. The van der Waals surface area contributed by atoms with Crippen LogP contribution in [0.3, 0.4) is 0 Å². The molecular weight excluding hydrogens is 571 g/mol. The molecule has 0 spiro atoms. The number of anilines is 3. The number of hydrogen-bond donors (Lipinski definition) is 1. The second-order valence-corrected chi connectivity index (χ2v) is 13.0. The summed E-state index contributed by atoms with van der Waals surface area (Å²) in [4.78, 5) is 10.3. The number of pyridine rings is 1. The van der Waals surface area contributed by atoms with Crippen LogP contribution in [-0.2, 0) is 5.41 Å². The molecule has 6 aromatic carbocycles. The van der Waals surface area contributed by atoms with E-state index >= 15 is 0 Å². The zero-order valence-electron chi connectivity index (χ0n) is 26.4. The second-order valence-electron chi connectivity index (χ2n) is 13.0. The molecular formula is C44H33N3. The van der Waals surface area contributed by atoms with E-state index in [0.29, 0.717) is 0 Å². The lowest BCUT2D eigenvalue weighted by Crippen LogP contribution is -2.16. The predicted molar refractivity (Wildman–Crippen MR) is 197 cm³/mol. The van der Waals surface area contributed by atoms with E-state index in [1.807, 2.05) is 18.5 Å². The largest absolute Gasteiger partial charge is 0.355 e. The summed E-state index contributed by atoms with van der Waals surface area (Å²) in [7, 11) is 0. The number of nitrogens with one attached hydrogen (secondary N) is 1. The topological polar surface area (TPSA) is 31.9 Å². The average Bonchev–Trinajstić information content (AvgIpc) is 3.61. The number of benzene rings is 6. The van der Waals surface area contributed by atoms with Gasteiger partial charge in [0.2, 0.25) is 0 Å². The van der Waals surface area contributed by atoms with Gasteiger partial charge in [-0.25, -0.2) is 0 Å². The van der Waals surface area contributed by atoms with Gasteiger partial charge in [-0.3, -0.25) is 4.98 Å². The number of fused-ring (bicyclic) bond motifs is 6. The lowest BCUT2D eigenvalue weighted by Gasteiger charge is -2.28. The Balaban J connectivity index is 1.16. The Morgan fingerprint density at radius 3 is 2.06 bits per heavy atom. The summed E-state index contributed by atoms with van der Waals surface area (Å²) in [5.74, 6) is 0. The molecule has 0 fully saturated rings. The maximum atomic E-state index is 4.38. The highest BCUT2D eigenvalue weighted by Crippen LogP contribution is 2.50. The molecule has 224 valence electrons. The maximum absolute atomic E-state index is 4.38. The molecule has 0 atom stereocenters. The van der Waals surface area contributed by atoms with Crippen molar-refractivity contribution in [3.8, 4) is 33.4 Å². The van der Waals surface area contributed by atoms with Crippen LogP contribution in [0.25, 0.3) is 55.2 Å². The summed E-state index contributed by atoms with van der Waals surface area (Å²) in [6.45, 7) is 4.68. The van der Waals surface area contributed by atoms with Crippen LogP contribution < -0.4 is 4.90 Å². The first kappa shape index (κ1) is 27.4. The molecule has 3 heteroatoms. The first-order chi connectivity index (χ1) is 23.0. The van der Waals surface area contributed by atoms with Gasteiger partial charge in [0.25, 0.3) is 0 Å². The third-order valence-corrected chi connectivity index (χ3v) is 9.89. The molecule has 0 saturated heterocycles. The number of aromatic amines is 1. The molecule has 9 rings (SSSR count). The van der Waals surface area contributed by atoms with Crippen LogP contribution in [0.2, 0.25) is 0 Å². The summed E-state index contributed by atoms with van der Waals surface area (Å²) in [5.41, 5.74) is 15.6. The molecule has 0 amide bonds. The van der Waals surface area contributed by atoms with E-state index in [1.165, 1.54) is 49.7 Å². The molecule has 8 aromatic rings. The van der Waals surface area contributed by atoms with E-state index in [9.17, 15) is 0 Å². The van der Waals surface area contributed by atoms with E-state index < -0.39 is 0 Å². The van der Waals surface area contributed by atoms with E-state index in [2.05, 4.69) is 168 Å².